The number of aromatic amines is 1. The number of hydrogen-bond donors (Lipinski definition) is 3. The van der Waals surface area contributed by atoms with Crippen LogP contribution in [0.2, 0.25) is 0 Å². The van der Waals surface area contributed by atoms with Crippen LogP contribution in [0.4, 0.5) is 10.1 Å². The first-order chi connectivity index (χ1) is 9.74. The molecule has 0 spiro atoms. The van der Waals surface area contributed by atoms with Gasteiger partial charge in [0.25, 0.3) is 0 Å². The molecule has 0 aliphatic heterocycles. The lowest BCUT2D eigenvalue weighted by Gasteiger charge is -2.07. The third kappa shape index (κ3) is 2.50. The molecule has 3 aromatic rings. The number of phenolic OH excluding ortho intramolecular Hbond substituents is 1. The molecule has 1 aromatic carbocycles. The monoisotopic (exact) mass is 289 g/mol. The maximum atomic E-state index is 13.2. The van der Waals surface area contributed by atoms with Crippen molar-refractivity contribution >= 4 is 17.0 Å². The second kappa shape index (κ2) is 5.34. The van der Waals surface area contributed by atoms with Crippen LogP contribution in [0.25, 0.3) is 10.6 Å². The Morgan fingerprint density at radius 1 is 1.35 bits per heavy atom. The minimum atomic E-state index is -0.638. The van der Waals surface area contributed by atoms with Gasteiger partial charge in [-0.3, -0.25) is 5.10 Å². The van der Waals surface area contributed by atoms with Gasteiger partial charge in [-0.1, -0.05) is 6.07 Å². The fourth-order valence-corrected chi connectivity index (χ4v) is 2.65. The van der Waals surface area contributed by atoms with Crippen LogP contribution in [0.3, 0.4) is 0 Å². The molecule has 0 atom stereocenters. The molecule has 0 saturated heterocycles. The first-order valence-electron chi connectivity index (χ1n) is 6.02. The summed E-state index contributed by atoms with van der Waals surface area (Å²) < 4.78 is 13.2. The Bertz CT molecular complexity index is 709. The molecule has 0 bridgehead atoms. The molecule has 0 saturated carbocycles. The average Bonchev–Trinajstić information content (AvgIpc) is 3.09. The van der Waals surface area contributed by atoms with Gasteiger partial charge in [0.15, 0.2) is 11.6 Å². The fourth-order valence-electron chi connectivity index (χ4n) is 1.89. The van der Waals surface area contributed by atoms with Crippen LogP contribution in [-0.2, 0) is 6.54 Å². The molecule has 0 aliphatic carbocycles. The third-order valence-corrected chi connectivity index (χ3v) is 3.80. The molecule has 3 N–H and O–H groups in total. The van der Waals surface area contributed by atoms with E-state index in [1.807, 2.05) is 17.5 Å². The van der Waals surface area contributed by atoms with Crippen LogP contribution < -0.4 is 5.32 Å². The number of benzene rings is 1. The topological polar surface area (TPSA) is 60.9 Å². The Morgan fingerprint density at radius 3 is 3.00 bits per heavy atom. The zero-order valence-electron chi connectivity index (χ0n) is 10.4. The van der Waals surface area contributed by atoms with Gasteiger partial charge in [-0.2, -0.15) is 5.10 Å². The van der Waals surface area contributed by atoms with Crippen molar-refractivity contribution in [1.82, 2.24) is 10.2 Å². The number of aromatic nitrogens is 2. The van der Waals surface area contributed by atoms with E-state index in [0.717, 1.165) is 16.1 Å². The van der Waals surface area contributed by atoms with E-state index in [1.54, 1.807) is 23.6 Å². The van der Waals surface area contributed by atoms with Gasteiger partial charge in [-0.25, -0.2) is 4.39 Å². The summed E-state index contributed by atoms with van der Waals surface area (Å²) in [6, 6.07) is 8.21. The van der Waals surface area contributed by atoms with E-state index < -0.39 is 5.82 Å². The first kappa shape index (κ1) is 12.7. The van der Waals surface area contributed by atoms with Gasteiger partial charge < -0.3 is 10.4 Å². The number of halogens is 1. The van der Waals surface area contributed by atoms with E-state index in [-0.39, 0.29) is 5.75 Å². The molecule has 20 heavy (non-hydrogen) atoms. The summed E-state index contributed by atoms with van der Waals surface area (Å²) in [6.07, 6.45) is 1.75. The zero-order valence-corrected chi connectivity index (χ0v) is 11.2. The molecule has 4 nitrogen and oxygen atoms in total. The summed E-state index contributed by atoms with van der Waals surface area (Å²) >= 11 is 1.63. The van der Waals surface area contributed by atoms with Crippen molar-refractivity contribution in [2.24, 2.45) is 0 Å². The zero-order chi connectivity index (χ0) is 13.9. The largest absolute Gasteiger partial charge is 0.505 e. The summed E-state index contributed by atoms with van der Waals surface area (Å²) in [4.78, 5) is 1.11. The highest BCUT2D eigenvalue weighted by Gasteiger charge is 2.09. The maximum absolute atomic E-state index is 13.2. The van der Waals surface area contributed by atoms with E-state index in [0.29, 0.717) is 12.2 Å². The Labute approximate surface area is 118 Å². The predicted molar refractivity (Wildman–Crippen MR) is 77.3 cm³/mol. The van der Waals surface area contributed by atoms with Gasteiger partial charge in [-0.15, -0.1) is 11.3 Å². The summed E-state index contributed by atoms with van der Waals surface area (Å²) in [5.74, 6) is -0.987. The van der Waals surface area contributed by atoms with Crippen molar-refractivity contribution in [3.05, 3.63) is 53.3 Å². The molecule has 0 aliphatic rings. The van der Waals surface area contributed by atoms with Crippen LogP contribution in [-0.4, -0.2) is 15.3 Å². The number of thiophene rings is 1. The SMILES string of the molecule is Oc1ccc(NCc2cn[nH]c2-c2cccs2)cc1F. The van der Waals surface area contributed by atoms with Crippen molar-refractivity contribution in [3.63, 3.8) is 0 Å². The number of anilines is 1. The molecule has 0 fully saturated rings. The molecule has 0 amide bonds. The Morgan fingerprint density at radius 2 is 2.25 bits per heavy atom. The third-order valence-electron chi connectivity index (χ3n) is 2.92. The lowest BCUT2D eigenvalue weighted by molar-refractivity contribution is 0.432. The van der Waals surface area contributed by atoms with Gasteiger partial charge in [0.2, 0.25) is 0 Å². The molecule has 102 valence electrons. The van der Waals surface area contributed by atoms with Crippen LogP contribution in [0.1, 0.15) is 5.56 Å². The van der Waals surface area contributed by atoms with Crippen LogP contribution >= 0.6 is 11.3 Å². The number of rotatable bonds is 4. The molecule has 6 heteroatoms. The second-order valence-electron chi connectivity index (χ2n) is 4.27. The lowest BCUT2D eigenvalue weighted by Crippen LogP contribution is -2.00. The number of nitrogens with one attached hydrogen (secondary N) is 2. The fraction of sp³-hybridized carbons (Fsp3) is 0.0714. The maximum Gasteiger partial charge on any atom is 0.166 e. The van der Waals surface area contributed by atoms with Gasteiger partial charge >= 0.3 is 0 Å². The highest BCUT2D eigenvalue weighted by Crippen LogP contribution is 2.26. The molecular formula is C14H12FN3OS. The van der Waals surface area contributed by atoms with Crippen molar-refractivity contribution in [1.29, 1.82) is 0 Å². The summed E-state index contributed by atoms with van der Waals surface area (Å²) in [6.45, 7) is 0.522. The van der Waals surface area contributed by atoms with Gasteiger partial charge in [0.05, 0.1) is 16.8 Å². The summed E-state index contributed by atoms with van der Waals surface area (Å²) in [7, 11) is 0. The van der Waals surface area contributed by atoms with Crippen molar-refractivity contribution in [2.75, 3.05) is 5.32 Å². The minimum Gasteiger partial charge on any atom is -0.505 e. The minimum absolute atomic E-state index is 0.349. The number of aromatic hydroxyl groups is 1. The van der Waals surface area contributed by atoms with E-state index in [9.17, 15) is 4.39 Å². The highest BCUT2D eigenvalue weighted by molar-refractivity contribution is 7.13. The van der Waals surface area contributed by atoms with Crippen LogP contribution in [0.5, 0.6) is 5.75 Å². The van der Waals surface area contributed by atoms with Crippen LogP contribution in [0.15, 0.2) is 41.9 Å². The molecule has 2 heterocycles. The number of H-pyrrole nitrogens is 1. The molecule has 0 radical (unpaired) electrons. The van der Waals surface area contributed by atoms with Gasteiger partial charge in [0.1, 0.15) is 0 Å². The van der Waals surface area contributed by atoms with Crippen molar-refractivity contribution in [2.45, 2.75) is 6.54 Å². The van der Waals surface area contributed by atoms with Crippen molar-refractivity contribution < 1.29 is 9.50 Å². The van der Waals surface area contributed by atoms with E-state index in [2.05, 4.69) is 15.5 Å². The number of phenols is 1. The summed E-state index contributed by atoms with van der Waals surface area (Å²) in [5, 5.41) is 21.3. The molecule has 2 aromatic heterocycles. The highest BCUT2D eigenvalue weighted by atomic mass is 32.1. The number of nitrogens with zero attached hydrogens (tertiary/aromatic N) is 1. The number of hydrogen-bond acceptors (Lipinski definition) is 4. The van der Waals surface area contributed by atoms with Crippen LogP contribution in [0, 0.1) is 5.82 Å². The molecular weight excluding hydrogens is 277 g/mol. The Hall–Kier alpha value is -2.34. The van der Waals surface area contributed by atoms with Gasteiger partial charge in [0, 0.05) is 23.9 Å². The molecule has 3 rings (SSSR count). The normalized spacial score (nSPS) is 10.7. The lowest BCUT2D eigenvalue weighted by atomic mass is 10.2. The smallest absolute Gasteiger partial charge is 0.166 e. The van der Waals surface area contributed by atoms with Crippen molar-refractivity contribution in [3.8, 4) is 16.3 Å². The van der Waals surface area contributed by atoms with E-state index >= 15 is 0 Å². The average molecular weight is 289 g/mol. The summed E-state index contributed by atoms with van der Waals surface area (Å²) in [5.41, 5.74) is 2.58. The second-order valence-corrected chi connectivity index (χ2v) is 5.21. The first-order valence-corrected chi connectivity index (χ1v) is 6.90. The van der Waals surface area contributed by atoms with Gasteiger partial charge in [-0.05, 0) is 23.6 Å². The standard InChI is InChI=1S/C14H12FN3OS/c15-11-6-10(3-4-12(11)19)16-7-9-8-17-18-14(9)13-2-1-5-20-13/h1-6,8,16,19H,7H2,(H,17,18). The Balaban J connectivity index is 1.76. The predicted octanol–water partition coefficient (Wildman–Crippen LogP) is 3.60. The quantitative estimate of drug-likeness (QED) is 0.643. The van der Waals surface area contributed by atoms with E-state index in [1.165, 1.54) is 12.1 Å². The molecule has 0 unspecified atom stereocenters. The Kier molecular flexibility index (Phi) is 3.39. The van der Waals surface area contributed by atoms with E-state index in [4.69, 9.17) is 5.11 Å².